The van der Waals surface area contributed by atoms with Crippen LogP contribution in [0, 0.1) is 6.92 Å². The van der Waals surface area contributed by atoms with Crippen molar-refractivity contribution in [2.24, 2.45) is 0 Å². The number of nitrogens with one attached hydrogen (secondary N) is 1. The molecule has 0 fully saturated rings. The molecule has 0 amide bonds. The molecule has 2 rings (SSSR count). The first-order chi connectivity index (χ1) is 9.13. The summed E-state index contributed by atoms with van der Waals surface area (Å²) in [5.74, 6) is 2.77. The highest BCUT2D eigenvalue weighted by molar-refractivity contribution is 9.10. The molecule has 0 spiro atoms. The molecular weight excluding hydrogens is 306 g/mol. The summed E-state index contributed by atoms with van der Waals surface area (Å²) in [6.45, 7) is 4.78. The Kier molecular flexibility index (Phi) is 4.53. The highest BCUT2D eigenvalue weighted by atomic mass is 79.9. The molecule has 0 unspecified atom stereocenters. The first kappa shape index (κ1) is 14.0. The Morgan fingerprint density at radius 1 is 1.26 bits per heavy atom. The van der Waals surface area contributed by atoms with Crippen molar-refractivity contribution in [3.05, 3.63) is 45.8 Å². The summed E-state index contributed by atoms with van der Waals surface area (Å²) < 4.78 is 12.1. The number of hydrogen-bond donors (Lipinski definition) is 1. The first-order valence-corrected chi connectivity index (χ1v) is 7.09. The lowest BCUT2D eigenvalue weighted by Gasteiger charge is -2.13. The van der Waals surface area contributed by atoms with Gasteiger partial charge < -0.3 is 14.5 Å². The Balaban J connectivity index is 2.14. The Morgan fingerprint density at radius 3 is 2.63 bits per heavy atom. The Hall–Kier alpha value is -1.42. The molecule has 0 aliphatic rings. The molecule has 0 radical (unpaired) electrons. The number of halogens is 1. The van der Waals surface area contributed by atoms with Crippen molar-refractivity contribution in [2.75, 3.05) is 12.4 Å². The molecule has 102 valence electrons. The van der Waals surface area contributed by atoms with Crippen molar-refractivity contribution < 1.29 is 9.15 Å². The maximum atomic E-state index is 5.68. The summed E-state index contributed by atoms with van der Waals surface area (Å²) in [6.07, 6.45) is 0.917. The quantitative estimate of drug-likeness (QED) is 0.877. The minimum absolute atomic E-state index is 0.652. The highest BCUT2D eigenvalue weighted by Gasteiger charge is 2.09. The third-order valence-electron chi connectivity index (χ3n) is 2.99. The molecule has 1 heterocycles. The fraction of sp³-hybridized carbons (Fsp3) is 0.333. The number of benzene rings is 1. The topological polar surface area (TPSA) is 34.4 Å². The van der Waals surface area contributed by atoms with Crippen molar-refractivity contribution in [3.63, 3.8) is 0 Å². The van der Waals surface area contributed by atoms with E-state index in [1.54, 1.807) is 7.11 Å². The van der Waals surface area contributed by atoms with Crippen LogP contribution in [0.5, 0.6) is 5.75 Å². The van der Waals surface area contributed by atoms with Gasteiger partial charge in [-0.2, -0.15) is 0 Å². The summed E-state index contributed by atoms with van der Waals surface area (Å²) in [5, 5.41) is 3.37. The third-order valence-corrected chi connectivity index (χ3v) is 3.45. The van der Waals surface area contributed by atoms with E-state index in [2.05, 4.69) is 41.2 Å². The Bertz CT molecular complexity index is 563. The van der Waals surface area contributed by atoms with E-state index in [-0.39, 0.29) is 0 Å². The van der Waals surface area contributed by atoms with Gasteiger partial charge in [0.1, 0.15) is 17.3 Å². The van der Waals surface area contributed by atoms with Crippen LogP contribution in [0.15, 0.2) is 33.2 Å². The lowest BCUT2D eigenvalue weighted by atomic mass is 10.2. The SMILES string of the molecule is CCc1ccc(CNc2c(C)cc(Br)cc2OC)o1. The average molecular weight is 324 g/mol. The van der Waals surface area contributed by atoms with Crippen LogP contribution in [0.3, 0.4) is 0 Å². The zero-order valence-electron chi connectivity index (χ0n) is 11.4. The van der Waals surface area contributed by atoms with E-state index < -0.39 is 0 Å². The molecule has 3 nitrogen and oxygen atoms in total. The molecule has 0 saturated carbocycles. The highest BCUT2D eigenvalue weighted by Crippen LogP contribution is 2.32. The number of methoxy groups -OCH3 is 1. The largest absolute Gasteiger partial charge is 0.495 e. The number of ether oxygens (including phenoxy) is 1. The number of rotatable bonds is 5. The lowest BCUT2D eigenvalue weighted by molar-refractivity contribution is 0.415. The summed E-state index contributed by atoms with van der Waals surface area (Å²) >= 11 is 3.47. The summed E-state index contributed by atoms with van der Waals surface area (Å²) in [6, 6.07) is 8.04. The van der Waals surface area contributed by atoms with E-state index >= 15 is 0 Å². The number of furan rings is 1. The van der Waals surface area contributed by atoms with Gasteiger partial charge >= 0.3 is 0 Å². The van der Waals surface area contributed by atoms with Crippen molar-refractivity contribution in [3.8, 4) is 5.75 Å². The second-order valence-electron chi connectivity index (χ2n) is 4.38. The van der Waals surface area contributed by atoms with Gasteiger partial charge in [0.05, 0.1) is 19.3 Å². The molecule has 0 aliphatic heterocycles. The Morgan fingerprint density at radius 2 is 2.00 bits per heavy atom. The summed E-state index contributed by atoms with van der Waals surface area (Å²) in [4.78, 5) is 0. The summed E-state index contributed by atoms with van der Waals surface area (Å²) in [5.41, 5.74) is 2.13. The van der Waals surface area contributed by atoms with E-state index in [1.807, 2.05) is 18.2 Å². The van der Waals surface area contributed by atoms with Gasteiger partial charge in [0, 0.05) is 10.9 Å². The van der Waals surface area contributed by atoms with Crippen molar-refractivity contribution in [1.29, 1.82) is 0 Å². The predicted molar refractivity (Wildman–Crippen MR) is 80.8 cm³/mol. The standard InChI is InChI=1S/C15H18BrNO2/c1-4-12-5-6-13(19-12)9-17-15-10(2)7-11(16)8-14(15)18-3/h5-8,17H,4,9H2,1-3H3. The molecule has 1 aromatic heterocycles. The van der Waals surface area contributed by atoms with Crippen LogP contribution in [0.4, 0.5) is 5.69 Å². The second-order valence-corrected chi connectivity index (χ2v) is 5.29. The van der Waals surface area contributed by atoms with Crippen molar-refractivity contribution in [2.45, 2.75) is 26.8 Å². The van der Waals surface area contributed by atoms with E-state index in [4.69, 9.17) is 9.15 Å². The van der Waals surface area contributed by atoms with Crippen LogP contribution in [0.1, 0.15) is 24.0 Å². The molecule has 0 bridgehead atoms. The molecule has 19 heavy (non-hydrogen) atoms. The first-order valence-electron chi connectivity index (χ1n) is 6.29. The smallest absolute Gasteiger partial charge is 0.143 e. The van der Waals surface area contributed by atoms with E-state index in [9.17, 15) is 0 Å². The summed E-state index contributed by atoms with van der Waals surface area (Å²) in [7, 11) is 1.68. The van der Waals surface area contributed by atoms with Crippen LogP contribution in [-0.4, -0.2) is 7.11 Å². The minimum atomic E-state index is 0.652. The Labute approximate surface area is 122 Å². The van der Waals surface area contributed by atoms with Crippen LogP contribution in [0.25, 0.3) is 0 Å². The molecule has 1 aromatic carbocycles. The molecule has 0 atom stereocenters. The second kappa shape index (κ2) is 6.15. The number of aryl methyl sites for hydroxylation is 2. The lowest BCUT2D eigenvalue weighted by Crippen LogP contribution is -2.02. The maximum Gasteiger partial charge on any atom is 0.143 e. The fourth-order valence-corrected chi connectivity index (χ4v) is 2.53. The van der Waals surface area contributed by atoms with Crippen LogP contribution in [-0.2, 0) is 13.0 Å². The van der Waals surface area contributed by atoms with Gasteiger partial charge in [0.25, 0.3) is 0 Å². The van der Waals surface area contributed by atoms with E-state index in [0.29, 0.717) is 6.54 Å². The fourth-order valence-electron chi connectivity index (χ4n) is 1.98. The number of hydrogen-bond acceptors (Lipinski definition) is 3. The average Bonchev–Trinajstić information content (AvgIpc) is 2.84. The molecule has 0 saturated heterocycles. The van der Waals surface area contributed by atoms with E-state index in [0.717, 1.165) is 39.4 Å². The van der Waals surface area contributed by atoms with Gasteiger partial charge in [-0.25, -0.2) is 0 Å². The maximum absolute atomic E-state index is 5.68. The normalized spacial score (nSPS) is 10.5. The van der Waals surface area contributed by atoms with Gasteiger partial charge in [-0.05, 0) is 36.8 Å². The predicted octanol–water partition coefficient (Wildman–Crippen LogP) is 4.53. The zero-order valence-corrected chi connectivity index (χ0v) is 13.0. The molecule has 1 N–H and O–H groups in total. The van der Waals surface area contributed by atoms with Gasteiger partial charge in [-0.1, -0.05) is 22.9 Å². The van der Waals surface area contributed by atoms with Crippen LogP contribution >= 0.6 is 15.9 Å². The monoisotopic (exact) mass is 323 g/mol. The number of anilines is 1. The minimum Gasteiger partial charge on any atom is -0.495 e. The van der Waals surface area contributed by atoms with Gasteiger partial charge in [0.15, 0.2) is 0 Å². The molecule has 0 aliphatic carbocycles. The molecule has 2 aromatic rings. The van der Waals surface area contributed by atoms with Crippen LogP contribution < -0.4 is 10.1 Å². The third kappa shape index (κ3) is 3.32. The van der Waals surface area contributed by atoms with Gasteiger partial charge in [-0.3, -0.25) is 0 Å². The van der Waals surface area contributed by atoms with E-state index in [1.165, 1.54) is 0 Å². The van der Waals surface area contributed by atoms with Gasteiger partial charge in [-0.15, -0.1) is 0 Å². The van der Waals surface area contributed by atoms with Gasteiger partial charge in [0.2, 0.25) is 0 Å². The zero-order chi connectivity index (χ0) is 13.8. The van der Waals surface area contributed by atoms with Crippen molar-refractivity contribution in [1.82, 2.24) is 0 Å². The van der Waals surface area contributed by atoms with Crippen molar-refractivity contribution >= 4 is 21.6 Å². The molecular formula is C15H18BrNO2. The van der Waals surface area contributed by atoms with Crippen LogP contribution in [0.2, 0.25) is 0 Å². The molecule has 4 heteroatoms.